The molecule has 1 rings (SSSR count). The molecule has 0 aliphatic rings. The van der Waals surface area contributed by atoms with Gasteiger partial charge in [0.25, 0.3) is 0 Å². The van der Waals surface area contributed by atoms with Crippen LogP contribution < -0.4 is 5.32 Å². The topological polar surface area (TPSA) is 45.1 Å². The van der Waals surface area contributed by atoms with Crippen LogP contribution in [0.2, 0.25) is 0 Å². The maximum absolute atomic E-state index is 9.76. The number of nitrogens with zero attached hydrogens (tertiary/aromatic N) is 1. The molecule has 0 bridgehead atoms. The molecule has 1 aromatic heterocycles. The first-order valence-corrected chi connectivity index (χ1v) is 4.93. The first-order valence-electron chi connectivity index (χ1n) is 4.93. The van der Waals surface area contributed by atoms with E-state index < -0.39 is 5.60 Å². The minimum Gasteiger partial charge on any atom is -0.388 e. The molecule has 0 saturated carbocycles. The van der Waals surface area contributed by atoms with Crippen molar-refractivity contribution in [2.75, 3.05) is 11.9 Å². The van der Waals surface area contributed by atoms with E-state index in [1.807, 2.05) is 39.0 Å². The standard InChI is InChI=1S/C11H18N2O/c1-4-11(3,14)8-12-10-7-5-6-9(2)13-10/h5-7,14H,4,8H2,1-3H3,(H,12,13). The molecule has 1 aromatic rings. The van der Waals surface area contributed by atoms with Gasteiger partial charge in [0.1, 0.15) is 5.82 Å². The number of aromatic nitrogens is 1. The fourth-order valence-corrected chi connectivity index (χ4v) is 1.05. The first kappa shape index (κ1) is 11.0. The molecule has 0 aliphatic heterocycles. The van der Waals surface area contributed by atoms with Gasteiger partial charge in [-0.3, -0.25) is 0 Å². The molecule has 1 unspecified atom stereocenters. The van der Waals surface area contributed by atoms with Gasteiger partial charge in [0.05, 0.1) is 5.60 Å². The molecule has 14 heavy (non-hydrogen) atoms. The van der Waals surface area contributed by atoms with Crippen molar-refractivity contribution in [2.45, 2.75) is 32.8 Å². The van der Waals surface area contributed by atoms with Crippen LogP contribution in [-0.2, 0) is 0 Å². The highest BCUT2D eigenvalue weighted by atomic mass is 16.3. The summed E-state index contributed by atoms with van der Waals surface area (Å²) in [6.45, 7) is 6.25. The van der Waals surface area contributed by atoms with Gasteiger partial charge in [-0.2, -0.15) is 0 Å². The number of anilines is 1. The van der Waals surface area contributed by atoms with E-state index in [4.69, 9.17) is 0 Å². The average Bonchev–Trinajstić information content (AvgIpc) is 2.15. The number of aliphatic hydroxyl groups is 1. The largest absolute Gasteiger partial charge is 0.388 e. The second-order valence-electron chi connectivity index (χ2n) is 3.87. The zero-order chi connectivity index (χ0) is 10.6. The molecule has 0 radical (unpaired) electrons. The van der Waals surface area contributed by atoms with Crippen molar-refractivity contribution in [1.29, 1.82) is 0 Å². The van der Waals surface area contributed by atoms with Crippen LogP contribution in [0.25, 0.3) is 0 Å². The fraction of sp³-hybridized carbons (Fsp3) is 0.545. The van der Waals surface area contributed by atoms with Crippen LogP contribution in [0.5, 0.6) is 0 Å². The Labute approximate surface area is 85.2 Å². The highest BCUT2D eigenvalue weighted by Crippen LogP contribution is 2.10. The third kappa shape index (κ3) is 3.34. The van der Waals surface area contributed by atoms with Crippen molar-refractivity contribution in [1.82, 2.24) is 4.98 Å². The van der Waals surface area contributed by atoms with Crippen LogP contribution in [0.3, 0.4) is 0 Å². The Hall–Kier alpha value is -1.09. The van der Waals surface area contributed by atoms with E-state index in [9.17, 15) is 5.11 Å². The normalized spacial score (nSPS) is 14.9. The second-order valence-corrected chi connectivity index (χ2v) is 3.87. The zero-order valence-corrected chi connectivity index (χ0v) is 9.04. The van der Waals surface area contributed by atoms with Crippen LogP contribution in [0.15, 0.2) is 18.2 Å². The maximum Gasteiger partial charge on any atom is 0.126 e. The van der Waals surface area contributed by atoms with E-state index in [1.165, 1.54) is 0 Å². The van der Waals surface area contributed by atoms with Gasteiger partial charge in [0.15, 0.2) is 0 Å². The molecule has 78 valence electrons. The van der Waals surface area contributed by atoms with Gasteiger partial charge in [0.2, 0.25) is 0 Å². The molecule has 3 heteroatoms. The summed E-state index contributed by atoms with van der Waals surface area (Å²) in [5, 5.41) is 12.9. The maximum atomic E-state index is 9.76. The van der Waals surface area contributed by atoms with Crippen molar-refractivity contribution in [3.63, 3.8) is 0 Å². The molecular formula is C11H18N2O. The smallest absolute Gasteiger partial charge is 0.126 e. The molecule has 3 nitrogen and oxygen atoms in total. The molecule has 1 heterocycles. The zero-order valence-electron chi connectivity index (χ0n) is 9.04. The van der Waals surface area contributed by atoms with Crippen molar-refractivity contribution in [2.24, 2.45) is 0 Å². The predicted octanol–water partition coefficient (Wildman–Crippen LogP) is 1.96. The van der Waals surface area contributed by atoms with Crippen LogP contribution in [0, 0.1) is 6.92 Å². The third-order valence-electron chi connectivity index (χ3n) is 2.30. The summed E-state index contributed by atoms with van der Waals surface area (Å²) in [6.07, 6.45) is 0.728. The van der Waals surface area contributed by atoms with Gasteiger partial charge < -0.3 is 10.4 Å². The van der Waals surface area contributed by atoms with Crippen LogP contribution in [0.4, 0.5) is 5.82 Å². The summed E-state index contributed by atoms with van der Waals surface area (Å²) in [4.78, 5) is 4.29. The van der Waals surface area contributed by atoms with Gasteiger partial charge in [-0.25, -0.2) is 4.98 Å². The molecule has 0 amide bonds. The van der Waals surface area contributed by atoms with E-state index in [0.29, 0.717) is 6.54 Å². The second kappa shape index (κ2) is 4.42. The number of aryl methyl sites for hydroxylation is 1. The lowest BCUT2D eigenvalue weighted by Crippen LogP contribution is -2.32. The van der Waals surface area contributed by atoms with Crippen molar-refractivity contribution >= 4 is 5.82 Å². The summed E-state index contributed by atoms with van der Waals surface area (Å²) in [6, 6.07) is 5.80. The van der Waals surface area contributed by atoms with Gasteiger partial charge in [-0.15, -0.1) is 0 Å². The summed E-state index contributed by atoms with van der Waals surface area (Å²) in [7, 11) is 0. The lowest BCUT2D eigenvalue weighted by atomic mass is 10.0. The molecular weight excluding hydrogens is 176 g/mol. The Bertz CT molecular complexity index is 297. The predicted molar refractivity (Wildman–Crippen MR) is 58.4 cm³/mol. The van der Waals surface area contributed by atoms with E-state index in [2.05, 4.69) is 10.3 Å². The monoisotopic (exact) mass is 194 g/mol. The Morgan fingerprint density at radius 1 is 1.50 bits per heavy atom. The molecule has 2 N–H and O–H groups in total. The van der Waals surface area contributed by atoms with Gasteiger partial charge >= 0.3 is 0 Å². The van der Waals surface area contributed by atoms with Gasteiger partial charge in [-0.05, 0) is 32.4 Å². The Kier molecular flexibility index (Phi) is 3.47. The van der Waals surface area contributed by atoms with E-state index >= 15 is 0 Å². The number of pyridine rings is 1. The third-order valence-corrected chi connectivity index (χ3v) is 2.30. The molecule has 0 spiro atoms. The minimum absolute atomic E-state index is 0.528. The Balaban J connectivity index is 2.54. The number of hydrogen-bond donors (Lipinski definition) is 2. The Morgan fingerprint density at radius 2 is 2.21 bits per heavy atom. The minimum atomic E-state index is -0.661. The molecule has 0 aromatic carbocycles. The lowest BCUT2D eigenvalue weighted by molar-refractivity contribution is 0.0696. The lowest BCUT2D eigenvalue weighted by Gasteiger charge is -2.21. The van der Waals surface area contributed by atoms with Crippen molar-refractivity contribution in [3.8, 4) is 0 Å². The van der Waals surface area contributed by atoms with E-state index in [1.54, 1.807) is 0 Å². The van der Waals surface area contributed by atoms with Gasteiger partial charge in [0, 0.05) is 12.2 Å². The molecule has 0 saturated heterocycles. The molecule has 0 aliphatic carbocycles. The van der Waals surface area contributed by atoms with Crippen molar-refractivity contribution < 1.29 is 5.11 Å². The quantitative estimate of drug-likeness (QED) is 0.770. The average molecular weight is 194 g/mol. The Morgan fingerprint density at radius 3 is 2.79 bits per heavy atom. The first-order chi connectivity index (χ1) is 6.53. The van der Waals surface area contributed by atoms with Crippen LogP contribution >= 0.6 is 0 Å². The summed E-state index contributed by atoms with van der Waals surface area (Å²) >= 11 is 0. The van der Waals surface area contributed by atoms with E-state index in [0.717, 1.165) is 17.9 Å². The number of nitrogens with one attached hydrogen (secondary N) is 1. The van der Waals surface area contributed by atoms with Gasteiger partial charge in [-0.1, -0.05) is 13.0 Å². The SMILES string of the molecule is CCC(C)(O)CNc1cccc(C)n1. The van der Waals surface area contributed by atoms with Crippen LogP contribution in [0.1, 0.15) is 26.0 Å². The summed E-state index contributed by atoms with van der Waals surface area (Å²) in [5.41, 5.74) is 0.317. The number of rotatable bonds is 4. The van der Waals surface area contributed by atoms with Crippen molar-refractivity contribution in [3.05, 3.63) is 23.9 Å². The highest BCUT2D eigenvalue weighted by molar-refractivity contribution is 5.35. The number of hydrogen-bond acceptors (Lipinski definition) is 3. The van der Waals surface area contributed by atoms with Crippen LogP contribution in [-0.4, -0.2) is 22.2 Å². The summed E-state index contributed by atoms with van der Waals surface area (Å²) < 4.78 is 0. The molecule has 1 atom stereocenters. The highest BCUT2D eigenvalue weighted by Gasteiger charge is 2.16. The van der Waals surface area contributed by atoms with E-state index in [-0.39, 0.29) is 0 Å². The summed E-state index contributed by atoms with van der Waals surface area (Å²) in [5.74, 6) is 0.818. The fourth-order valence-electron chi connectivity index (χ4n) is 1.05. The molecule has 0 fully saturated rings.